The van der Waals surface area contributed by atoms with E-state index in [1.807, 2.05) is 4.90 Å². The van der Waals surface area contributed by atoms with Crippen LogP contribution in [0.15, 0.2) is 29.2 Å². The van der Waals surface area contributed by atoms with Crippen molar-refractivity contribution in [3.63, 3.8) is 0 Å². The number of amides is 2. The van der Waals surface area contributed by atoms with Crippen molar-refractivity contribution >= 4 is 21.8 Å². The smallest absolute Gasteiger partial charge is 0.251 e. The lowest BCUT2D eigenvalue weighted by molar-refractivity contribution is -0.130. The van der Waals surface area contributed by atoms with Crippen molar-refractivity contribution in [2.24, 2.45) is 0 Å². The van der Waals surface area contributed by atoms with E-state index in [-0.39, 0.29) is 28.8 Å². The Balaban J connectivity index is 1.85. The first-order valence-electron chi connectivity index (χ1n) is 7.77. The lowest BCUT2D eigenvalue weighted by Gasteiger charge is -2.42. The van der Waals surface area contributed by atoms with Crippen LogP contribution in [-0.4, -0.2) is 75.3 Å². The number of benzene rings is 1. The molecule has 0 spiro atoms. The Hall–Kier alpha value is -1.97. The largest absolute Gasteiger partial charge is 0.355 e. The number of rotatable bonds is 3. The number of piperazine rings is 2. The van der Waals surface area contributed by atoms with Crippen LogP contribution in [0.4, 0.5) is 0 Å². The van der Waals surface area contributed by atoms with Crippen LogP contribution in [0, 0.1) is 0 Å². The van der Waals surface area contributed by atoms with Gasteiger partial charge in [-0.3, -0.25) is 14.5 Å². The van der Waals surface area contributed by atoms with Gasteiger partial charge in [0.05, 0.1) is 4.90 Å². The van der Waals surface area contributed by atoms with Crippen LogP contribution in [0.1, 0.15) is 10.4 Å². The third-order valence-electron chi connectivity index (χ3n) is 4.42. The monoisotopic (exact) mass is 352 g/mol. The molecule has 1 atom stereocenters. The van der Waals surface area contributed by atoms with E-state index in [0.29, 0.717) is 19.6 Å². The zero-order valence-corrected chi connectivity index (χ0v) is 14.2. The average Bonchev–Trinajstić information content (AvgIpc) is 2.61. The molecule has 0 radical (unpaired) electrons. The Kier molecular flexibility index (Phi) is 4.57. The minimum atomic E-state index is -3.75. The molecule has 2 amide bonds. The summed E-state index contributed by atoms with van der Waals surface area (Å²) < 4.78 is 27.1. The van der Waals surface area contributed by atoms with Crippen LogP contribution in [0.25, 0.3) is 0 Å². The van der Waals surface area contributed by atoms with Crippen molar-refractivity contribution in [3.8, 4) is 0 Å². The first-order chi connectivity index (χ1) is 11.4. The molecule has 0 bridgehead atoms. The minimum absolute atomic E-state index is 0.0632. The van der Waals surface area contributed by atoms with Crippen molar-refractivity contribution < 1.29 is 18.0 Å². The van der Waals surface area contributed by atoms with Gasteiger partial charge < -0.3 is 10.6 Å². The van der Waals surface area contributed by atoms with E-state index < -0.39 is 16.1 Å². The van der Waals surface area contributed by atoms with E-state index in [1.54, 1.807) is 12.1 Å². The van der Waals surface area contributed by atoms with E-state index in [1.165, 1.54) is 23.5 Å². The van der Waals surface area contributed by atoms with Crippen LogP contribution < -0.4 is 10.6 Å². The molecule has 2 N–H and O–H groups in total. The number of nitrogens with zero attached hydrogens (tertiary/aromatic N) is 2. The lowest BCUT2D eigenvalue weighted by atomic mass is 10.1. The van der Waals surface area contributed by atoms with Gasteiger partial charge in [0.2, 0.25) is 15.9 Å². The van der Waals surface area contributed by atoms with Gasteiger partial charge >= 0.3 is 0 Å². The summed E-state index contributed by atoms with van der Waals surface area (Å²) in [6.07, 6.45) is 0. The van der Waals surface area contributed by atoms with E-state index in [2.05, 4.69) is 10.6 Å². The van der Waals surface area contributed by atoms with Crippen molar-refractivity contribution in [2.75, 3.05) is 39.8 Å². The second-order valence-corrected chi connectivity index (χ2v) is 7.75. The van der Waals surface area contributed by atoms with Gasteiger partial charge in [-0.2, -0.15) is 4.31 Å². The molecule has 2 heterocycles. The molecular formula is C15H20N4O4S. The molecule has 2 aliphatic heterocycles. The molecule has 9 heteroatoms. The van der Waals surface area contributed by atoms with Crippen LogP contribution in [0.5, 0.6) is 0 Å². The quantitative estimate of drug-likeness (QED) is 0.716. The molecule has 0 aromatic heterocycles. The van der Waals surface area contributed by atoms with Crippen LogP contribution in [0.2, 0.25) is 0 Å². The van der Waals surface area contributed by atoms with Crippen molar-refractivity contribution in [1.29, 1.82) is 0 Å². The summed E-state index contributed by atoms with van der Waals surface area (Å²) in [6, 6.07) is 5.48. The maximum absolute atomic E-state index is 12.9. The standard InChI is InChI=1S/C15H20N4O4S/c1-16-14(20)11-3-2-4-12(9-11)24(22,23)19-8-7-18-6-5-17-15(21)13(18)10-19/h2-4,9,13H,5-8,10H2,1H3,(H,16,20)(H,17,21). The van der Waals surface area contributed by atoms with Gasteiger partial charge in [0.1, 0.15) is 6.04 Å². The Morgan fingerprint density at radius 2 is 2.08 bits per heavy atom. The topological polar surface area (TPSA) is 98.8 Å². The van der Waals surface area contributed by atoms with Crippen LogP contribution >= 0.6 is 0 Å². The molecule has 3 rings (SSSR count). The summed E-state index contributed by atoms with van der Waals surface area (Å²) >= 11 is 0. The Labute approximate surface area is 140 Å². The molecule has 1 aromatic rings. The second kappa shape index (κ2) is 6.50. The molecule has 2 fully saturated rings. The van der Waals surface area contributed by atoms with Crippen LogP contribution in [-0.2, 0) is 14.8 Å². The SMILES string of the molecule is CNC(=O)c1cccc(S(=O)(=O)N2CCN3CCNC(=O)C3C2)c1. The molecule has 2 saturated heterocycles. The zero-order chi connectivity index (χ0) is 17.3. The Morgan fingerprint density at radius 3 is 2.83 bits per heavy atom. The van der Waals surface area contributed by atoms with Gasteiger partial charge in [-0.05, 0) is 18.2 Å². The summed E-state index contributed by atoms with van der Waals surface area (Å²) in [5, 5.41) is 5.25. The number of hydrogen-bond acceptors (Lipinski definition) is 5. The second-order valence-electron chi connectivity index (χ2n) is 5.81. The maximum Gasteiger partial charge on any atom is 0.251 e. The fraction of sp³-hybridized carbons (Fsp3) is 0.467. The van der Waals surface area contributed by atoms with Gasteiger partial charge in [-0.1, -0.05) is 6.07 Å². The van der Waals surface area contributed by atoms with Gasteiger partial charge in [0.15, 0.2) is 0 Å². The van der Waals surface area contributed by atoms with Gasteiger partial charge in [-0.15, -0.1) is 0 Å². The van der Waals surface area contributed by atoms with Gasteiger partial charge in [0.25, 0.3) is 5.91 Å². The molecule has 24 heavy (non-hydrogen) atoms. The first-order valence-corrected chi connectivity index (χ1v) is 9.21. The summed E-state index contributed by atoms with van der Waals surface area (Å²) in [4.78, 5) is 25.8. The normalized spacial score (nSPS) is 22.5. The number of nitrogens with one attached hydrogen (secondary N) is 2. The summed E-state index contributed by atoms with van der Waals surface area (Å²) in [7, 11) is -2.26. The van der Waals surface area contributed by atoms with E-state index >= 15 is 0 Å². The number of hydrogen-bond donors (Lipinski definition) is 2. The highest BCUT2D eigenvalue weighted by atomic mass is 32.2. The molecule has 0 saturated carbocycles. The predicted octanol–water partition coefficient (Wildman–Crippen LogP) is -1.15. The minimum Gasteiger partial charge on any atom is -0.355 e. The average molecular weight is 352 g/mol. The van der Waals surface area contributed by atoms with Crippen molar-refractivity contribution in [2.45, 2.75) is 10.9 Å². The van der Waals surface area contributed by atoms with Crippen molar-refractivity contribution in [3.05, 3.63) is 29.8 Å². The Bertz CT molecular complexity index is 764. The summed E-state index contributed by atoms with van der Waals surface area (Å²) in [5.41, 5.74) is 0.285. The molecule has 130 valence electrons. The molecular weight excluding hydrogens is 332 g/mol. The van der Waals surface area contributed by atoms with E-state index in [4.69, 9.17) is 0 Å². The molecule has 0 aliphatic carbocycles. The highest BCUT2D eigenvalue weighted by Gasteiger charge is 2.39. The third kappa shape index (κ3) is 3.02. The van der Waals surface area contributed by atoms with Crippen LogP contribution in [0.3, 0.4) is 0 Å². The molecule has 2 aliphatic rings. The predicted molar refractivity (Wildman–Crippen MR) is 87.0 cm³/mol. The number of sulfonamides is 1. The van der Waals surface area contributed by atoms with E-state index in [0.717, 1.165) is 6.54 Å². The van der Waals surface area contributed by atoms with Gasteiger partial charge in [0, 0.05) is 45.3 Å². The van der Waals surface area contributed by atoms with Crippen molar-refractivity contribution in [1.82, 2.24) is 19.8 Å². The highest BCUT2D eigenvalue weighted by Crippen LogP contribution is 2.22. The molecule has 8 nitrogen and oxygen atoms in total. The molecule has 1 aromatic carbocycles. The van der Waals surface area contributed by atoms with Gasteiger partial charge in [-0.25, -0.2) is 8.42 Å². The zero-order valence-electron chi connectivity index (χ0n) is 13.4. The third-order valence-corrected chi connectivity index (χ3v) is 6.28. The number of carbonyl (C=O) groups excluding carboxylic acids is 2. The number of carbonyl (C=O) groups is 2. The fourth-order valence-electron chi connectivity index (χ4n) is 3.06. The number of fused-ring (bicyclic) bond motifs is 1. The molecule has 1 unspecified atom stereocenters. The lowest BCUT2D eigenvalue weighted by Crippen LogP contribution is -2.64. The highest BCUT2D eigenvalue weighted by molar-refractivity contribution is 7.89. The first kappa shape index (κ1) is 16.9. The fourth-order valence-corrected chi connectivity index (χ4v) is 4.55. The van der Waals surface area contributed by atoms with E-state index in [9.17, 15) is 18.0 Å². The maximum atomic E-state index is 12.9. The summed E-state index contributed by atoms with van der Waals surface area (Å²) in [6.45, 7) is 2.30. The summed E-state index contributed by atoms with van der Waals surface area (Å²) in [5.74, 6) is -0.483. The Morgan fingerprint density at radius 1 is 1.29 bits per heavy atom.